The lowest BCUT2D eigenvalue weighted by Gasteiger charge is -2.36. The zero-order valence-corrected chi connectivity index (χ0v) is 15.4. The van der Waals surface area contributed by atoms with Crippen LogP contribution in [0.1, 0.15) is 39.2 Å². The van der Waals surface area contributed by atoms with E-state index in [0.717, 1.165) is 0 Å². The van der Waals surface area contributed by atoms with Gasteiger partial charge in [0.15, 0.2) is 0 Å². The fourth-order valence-electron chi connectivity index (χ4n) is 2.93. The fraction of sp³-hybridized carbons (Fsp3) is 0.529. The van der Waals surface area contributed by atoms with E-state index in [4.69, 9.17) is 27.9 Å². The summed E-state index contributed by atoms with van der Waals surface area (Å²) in [4.78, 5) is 25.9. The molecule has 1 amide bonds. The Morgan fingerprint density at radius 1 is 1.29 bits per heavy atom. The van der Waals surface area contributed by atoms with Gasteiger partial charge in [-0.1, -0.05) is 29.3 Å². The quantitative estimate of drug-likeness (QED) is 0.852. The molecule has 132 valence electrons. The minimum absolute atomic E-state index is 0.151. The lowest BCUT2D eigenvalue weighted by atomic mass is 9.88. The Labute approximate surface area is 151 Å². The second-order valence-electron chi connectivity index (χ2n) is 7.00. The van der Waals surface area contributed by atoms with Gasteiger partial charge in [-0.05, 0) is 51.3 Å². The van der Waals surface area contributed by atoms with Crippen molar-refractivity contribution in [1.82, 2.24) is 4.90 Å². The van der Waals surface area contributed by atoms with Gasteiger partial charge in [-0.15, -0.1) is 0 Å². The molecular weight excluding hydrogens is 353 g/mol. The van der Waals surface area contributed by atoms with E-state index in [0.29, 0.717) is 35.0 Å². The molecule has 0 bridgehead atoms. The molecule has 0 saturated carbocycles. The third-order valence-corrected chi connectivity index (χ3v) is 4.72. The van der Waals surface area contributed by atoms with Gasteiger partial charge in [0.25, 0.3) is 0 Å². The van der Waals surface area contributed by atoms with Crippen molar-refractivity contribution in [1.29, 1.82) is 0 Å². The lowest BCUT2D eigenvalue weighted by Crippen LogP contribution is -2.55. The summed E-state index contributed by atoms with van der Waals surface area (Å²) in [6.45, 7) is 5.61. The molecule has 1 unspecified atom stereocenters. The summed E-state index contributed by atoms with van der Waals surface area (Å²) in [6, 6.07) is 4.99. The van der Waals surface area contributed by atoms with Crippen molar-refractivity contribution in [2.24, 2.45) is 0 Å². The number of ether oxygens (including phenoxy) is 1. The Morgan fingerprint density at radius 2 is 1.96 bits per heavy atom. The molecule has 1 aromatic carbocycles. The van der Waals surface area contributed by atoms with Crippen LogP contribution in [0, 0.1) is 0 Å². The van der Waals surface area contributed by atoms with Crippen LogP contribution in [-0.2, 0) is 16.0 Å². The van der Waals surface area contributed by atoms with Gasteiger partial charge in [0.05, 0.1) is 10.0 Å². The highest BCUT2D eigenvalue weighted by Crippen LogP contribution is 2.35. The van der Waals surface area contributed by atoms with Crippen molar-refractivity contribution >= 4 is 35.3 Å². The summed E-state index contributed by atoms with van der Waals surface area (Å²) < 4.78 is 5.38. The number of likely N-dealkylation sites (tertiary alicyclic amines) is 1. The molecule has 5 nitrogen and oxygen atoms in total. The summed E-state index contributed by atoms with van der Waals surface area (Å²) in [5.41, 5.74) is -1.31. The minimum atomic E-state index is -1.33. The van der Waals surface area contributed by atoms with Crippen LogP contribution in [0.2, 0.25) is 10.0 Å². The summed E-state index contributed by atoms with van der Waals surface area (Å²) in [7, 11) is 0. The van der Waals surface area contributed by atoms with Crippen LogP contribution in [0.4, 0.5) is 4.79 Å². The van der Waals surface area contributed by atoms with Gasteiger partial charge in [-0.3, -0.25) is 4.90 Å². The van der Waals surface area contributed by atoms with E-state index in [1.807, 2.05) is 0 Å². The number of nitrogens with zero attached hydrogens (tertiary/aromatic N) is 1. The van der Waals surface area contributed by atoms with Crippen LogP contribution in [0.25, 0.3) is 0 Å². The third kappa shape index (κ3) is 3.95. The van der Waals surface area contributed by atoms with Gasteiger partial charge in [-0.25, -0.2) is 9.59 Å². The Balaban J connectivity index is 2.33. The average molecular weight is 374 g/mol. The first kappa shape index (κ1) is 18.9. The standard InChI is InChI=1S/C17H21Cl2NO4/c1-16(2,3)24-15(23)20-8-4-7-17(20,14(21)22)10-11-5-6-12(18)13(19)9-11/h5-6,9H,4,7-8,10H2,1-3H3,(H,21,22). The van der Waals surface area contributed by atoms with Gasteiger partial charge in [0, 0.05) is 13.0 Å². The zero-order chi connectivity index (χ0) is 18.1. The molecule has 0 spiro atoms. The van der Waals surface area contributed by atoms with Crippen molar-refractivity contribution in [3.8, 4) is 0 Å². The summed E-state index contributed by atoms with van der Waals surface area (Å²) in [5, 5.41) is 10.6. The highest BCUT2D eigenvalue weighted by Gasteiger charge is 2.51. The van der Waals surface area contributed by atoms with Crippen molar-refractivity contribution in [3.63, 3.8) is 0 Å². The van der Waals surface area contributed by atoms with E-state index in [9.17, 15) is 14.7 Å². The molecule has 24 heavy (non-hydrogen) atoms. The molecule has 1 fully saturated rings. The number of aliphatic carboxylic acids is 1. The number of carboxylic acids is 1. The van der Waals surface area contributed by atoms with Gasteiger partial charge >= 0.3 is 12.1 Å². The SMILES string of the molecule is CC(C)(C)OC(=O)N1CCCC1(Cc1ccc(Cl)c(Cl)c1)C(=O)O. The molecule has 1 N–H and O–H groups in total. The molecular formula is C17H21Cl2NO4. The number of hydrogen-bond donors (Lipinski definition) is 1. The number of amides is 1. The topological polar surface area (TPSA) is 66.8 Å². The largest absolute Gasteiger partial charge is 0.479 e. The van der Waals surface area contributed by atoms with E-state index < -0.39 is 23.2 Å². The first-order valence-corrected chi connectivity index (χ1v) is 8.49. The van der Waals surface area contributed by atoms with Gasteiger partial charge < -0.3 is 9.84 Å². The Hall–Kier alpha value is -1.46. The third-order valence-electron chi connectivity index (χ3n) is 3.98. The van der Waals surface area contributed by atoms with Crippen LogP contribution in [0.15, 0.2) is 18.2 Å². The van der Waals surface area contributed by atoms with Crippen LogP contribution in [0.5, 0.6) is 0 Å². The van der Waals surface area contributed by atoms with E-state index >= 15 is 0 Å². The lowest BCUT2D eigenvalue weighted by molar-refractivity contribution is -0.149. The van der Waals surface area contributed by atoms with Crippen molar-refractivity contribution in [2.75, 3.05) is 6.54 Å². The first-order chi connectivity index (χ1) is 11.0. The maximum absolute atomic E-state index is 12.5. The Kier molecular flexibility index (Phi) is 5.35. The molecule has 1 saturated heterocycles. The molecule has 7 heteroatoms. The number of halogens is 2. The van der Waals surface area contributed by atoms with Gasteiger partial charge in [0.2, 0.25) is 0 Å². The van der Waals surface area contributed by atoms with Crippen LogP contribution < -0.4 is 0 Å². The minimum Gasteiger partial charge on any atom is -0.479 e. The van der Waals surface area contributed by atoms with Gasteiger partial charge in [-0.2, -0.15) is 0 Å². The maximum atomic E-state index is 12.5. The average Bonchev–Trinajstić information content (AvgIpc) is 2.86. The van der Waals surface area contributed by atoms with Crippen LogP contribution >= 0.6 is 23.2 Å². The number of rotatable bonds is 3. The van der Waals surface area contributed by atoms with E-state index in [2.05, 4.69) is 0 Å². The summed E-state index contributed by atoms with van der Waals surface area (Å²) in [5.74, 6) is -1.04. The van der Waals surface area contributed by atoms with Crippen LogP contribution in [-0.4, -0.2) is 39.8 Å². The maximum Gasteiger partial charge on any atom is 0.411 e. The van der Waals surface area contributed by atoms with Crippen molar-refractivity contribution in [3.05, 3.63) is 33.8 Å². The highest BCUT2D eigenvalue weighted by atomic mass is 35.5. The molecule has 0 radical (unpaired) electrons. The number of carboxylic acid groups (broad SMARTS) is 1. The van der Waals surface area contributed by atoms with E-state index in [1.165, 1.54) is 4.90 Å². The van der Waals surface area contributed by atoms with Crippen molar-refractivity contribution < 1.29 is 19.4 Å². The molecule has 1 aliphatic rings. The molecule has 1 aromatic rings. The zero-order valence-electron chi connectivity index (χ0n) is 13.9. The van der Waals surface area contributed by atoms with E-state index in [-0.39, 0.29) is 6.42 Å². The monoisotopic (exact) mass is 373 g/mol. The Bertz CT molecular complexity index is 656. The molecule has 1 aliphatic heterocycles. The van der Waals surface area contributed by atoms with Crippen LogP contribution in [0.3, 0.4) is 0 Å². The Morgan fingerprint density at radius 3 is 2.50 bits per heavy atom. The van der Waals surface area contributed by atoms with E-state index in [1.54, 1.807) is 39.0 Å². The smallest absolute Gasteiger partial charge is 0.411 e. The summed E-state index contributed by atoms with van der Waals surface area (Å²) in [6.07, 6.45) is 0.509. The first-order valence-electron chi connectivity index (χ1n) is 7.73. The molecule has 0 aliphatic carbocycles. The van der Waals surface area contributed by atoms with Crippen molar-refractivity contribution in [2.45, 2.75) is 51.2 Å². The number of hydrogen-bond acceptors (Lipinski definition) is 3. The number of benzene rings is 1. The summed E-state index contributed by atoms with van der Waals surface area (Å²) >= 11 is 11.9. The second kappa shape index (κ2) is 6.81. The molecule has 0 aromatic heterocycles. The molecule has 1 atom stereocenters. The number of carbonyl (C=O) groups is 2. The second-order valence-corrected chi connectivity index (χ2v) is 7.81. The normalized spacial score (nSPS) is 21.0. The highest BCUT2D eigenvalue weighted by molar-refractivity contribution is 6.42. The molecule has 2 rings (SSSR count). The predicted molar refractivity (Wildman–Crippen MR) is 92.7 cm³/mol. The molecule has 1 heterocycles. The predicted octanol–water partition coefficient (Wildman–Crippen LogP) is 4.39. The number of carbonyl (C=O) groups excluding carboxylic acids is 1. The fourth-order valence-corrected chi connectivity index (χ4v) is 3.25. The van der Waals surface area contributed by atoms with Gasteiger partial charge in [0.1, 0.15) is 11.1 Å².